The van der Waals surface area contributed by atoms with Gasteiger partial charge in [0.2, 0.25) is 0 Å². The molecule has 0 radical (unpaired) electrons. The van der Waals surface area contributed by atoms with Crippen molar-refractivity contribution in [3.8, 4) is 0 Å². The van der Waals surface area contributed by atoms with E-state index in [2.05, 4.69) is 24.0 Å². The summed E-state index contributed by atoms with van der Waals surface area (Å²) < 4.78 is 17.3. The van der Waals surface area contributed by atoms with E-state index in [4.69, 9.17) is 13.6 Å². The van der Waals surface area contributed by atoms with Crippen LogP contribution in [0.2, 0.25) is 0 Å². The van der Waals surface area contributed by atoms with Gasteiger partial charge < -0.3 is 0 Å². The molecular formula is C23H44N3O6P. The van der Waals surface area contributed by atoms with Crippen molar-refractivity contribution >= 4 is 25.6 Å². The normalized spacial score (nSPS) is 24.5. The van der Waals surface area contributed by atoms with Gasteiger partial charge >= 0.3 is 199 Å². The molecule has 10 heteroatoms. The number of carbonyl (C=O) groups excluding carboxylic acids is 3. The Balaban J connectivity index is 2.26. The topological polar surface area (TPSA) is 106 Å². The SMILES string of the molecule is CCCCCCN(CCCCCC)C(=O)OP12(NC(C(C)C)C(=O)O1)NC(C(C)C)C(=O)O2. The van der Waals surface area contributed by atoms with E-state index in [1.165, 1.54) is 0 Å². The molecule has 2 N–H and O–H groups in total. The second-order valence-corrected chi connectivity index (χ2v) is 12.7. The van der Waals surface area contributed by atoms with Crippen LogP contribution in [0.4, 0.5) is 4.79 Å². The number of unbranched alkanes of at least 4 members (excludes halogenated alkanes) is 6. The Morgan fingerprint density at radius 3 is 1.61 bits per heavy atom. The van der Waals surface area contributed by atoms with Crippen LogP contribution in [0.1, 0.15) is 92.9 Å². The summed E-state index contributed by atoms with van der Waals surface area (Å²) in [6.45, 7) is 12.8. The van der Waals surface area contributed by atoms with Gasteiger partial charge in [-0.3, -0.25) is 0 Å². The van der Waals surface area contributed by atoms with Crippen molar-refractivity contribution in [1.82, 2.24) is 15.1 Å². The van der Waals surface area contributed by atoms with Crippen molar-refractivity contribution < 1.29 is 28.0 Å². The molecular weight excluding hydrogens is 445 g/mol. The van der Waals surface area contributed by atoms with Gasteiger partial charge in [-0.25, -0.2) is 0 Å². The van der Waals surface area contributed by atoms with Crippen LogP contribution in [-0.2, 0) is 23.2 Å². The molecule has 0 bridgehead atoms. The molecule has 2 fully saturated rings. The summed E-state index contributed by atoms with van der Waals surface area (Å²) in [5.41, 5.74) is 0. The van der Waals surface area contributed by atoms with Gasteiger partial charge in [0.1, 0.15) is 0 Å². The van der Waals surface area contributed by atoms with E-state index in [1.54, 1.807) is 4.90 Å². The van der Waals surface area contributed by atoms with Crippen molar-refractivity contribution in [2.75, 3.05) is 13.1 Å². The Bertz CT molecular complexity index is 654. The Morgan fingerprint density at radius 1 is 0.848 bits per heavy atom. The number of carbonyl (C=O) groups is 3. The van der Waals surface area contributed by atoms with E-state index in [0.717, 1.165) is 51.4 Å². The van der Waals surface area contributed by atoms with Crippen LogP contribution in [0, 0.1) is 11.8 Å². The quantitative estimate of drug-likeness (QED) is 0.273. The van der Waals surface area contributed by atoms with Crippen molar-refractivity contribution in [2.24, 2.45) is 11.8 Å². The van der Waals surface area contributed by atoms with Gasteiger partial charge in [0.05, 0.1) is 0 Å². The Hall–Kier alpha value is -1.44. The summed E-state index contributed by atoms with van der Waals surface area (Å²) in [4.78, 5) is 40.5. The van der Waals surface area contributed by atoms with E-state index in [-0.39, 0.29) is 11.8 Å². The first-order valence-electron chi connectivity index (χ1n) is 12.6. The third kappa shape index (κ3) is 6.80. The third-order valence-corrected chi connectivity index (χ3v) is 9.10. The minimum absolute atomic E-state index is 0.143. The molecule has 0 aromatic rings. The number of nitrogens with zero attached hydrogens (tertiary/aromatic N) is 1. The van der Waals surface area contributed by atoms with E-state index in [0.29, 0.717) is 13.1 Å². The molecule has 2 rings (SSSR count). The number of hydrogen-bond donors (Lipinski definition) is 2. The number of nitrogens with one attached hydrogen (secondary N) is 2. The van der Waals surface area contributed by atoms with Gasteiger partial charge in [0.25, 0.3) is 0 Å². The summed E-state index contributed by atoms with van der Waals surface area (Å²) in [6.07, 6.45) is 7.52. The Kier molecular flexibility index (Phi) is 9.95. The fourth-order valence-corrected chi connectivity index (χ4v) is 7.62. The molecule has 1 amide bonds. The van der Waals surface area contributed by atoms with Crippen LogP contribution in [0.15, 0.2) is 0 Å². The van der Waals surface area contributed by atoms with Gasteiger partial charge in [-0.15, -0.1) is 0 Å². The standard InChI is InChI=1S/C23H44N3O6P/c1-7-9-11-13-15-26(16-14-12-10-8-2)23(29)32-33(24-19(17(3)4)21(27)30-33)25-20(18(5)6)22(28)31-33/h17-20,24-25H,7-16H2,1-6H3. The van der Waals surface area contributed by atoms with Gasteiger partial charge in [0.15, 0.2) is 0 Å². The molecule has 2 unspecified atom stereocenters. The van der Waals surface area contributed by atoms with Crippen molar-refractivity contribution in [1.29, 1.82) is 0 Å². The first-order valence-corrected chi connectivity index (χ1v) is 14.6. The van der Waals surface area contributed by atoms with Crippen LogP contribution in [0.5, 0.6) is 0 Å². The summed E-state index contributed by atoms with van der Waals surface area (Å²) >= 11 is 0. The zero-order chi connectivity index (χ0) is 24.7. The zero-order valence-electron chi connectivity index (χ0n) is 21.2. The monoisotopic (exact) mass is 489 g/mol. The van der Waals surface area contributed by atoms with Crippen molar-refractivity contribution in [2.45, 2.75) is 105 Å². The van der Waals surface area contributed by atoms with Crippen LogP contribution in [-0.4, -0.2) is 48.1 Å². The number of rotatable bonds is 13. The average Bonchev–Trinajstić information content (AvgIpc) is 3.19. The summed E-state index contributed by atoms with van der Waals surface area (Å²) in [7, 11) is -4.72. The summed E-state index contributed by atoms with van der Waals surface area (Å²) in [5, 5.41) is 6.04. The van der Waals surface area contributed by atoms with E-state index in [1.807, 2.05) is 27.7 Å². The Morgan fingerprint density at radius 2 is 1.27 bits per heavy atom. The first-order chi connectivity index (χ1) is 15.6. The van der Waals surface area contributed by atoms with Crippen molar-refractivity contribution in [3.63, 3.8) is 0 Å². The van der Waals surface area contributed by atoms with Gasteiger partial charge in [-0.05, 0) is 0 Å². The second-order valence-electron chi connectivity index (χ2n) is 9.87. The van der Waals surface area contributed by atoms with Crippen LogP contribution < -0.4 is 10.2 Å². The molecule has 0 aromatic heterocycles. The van der Waals surface area contributed by atoms with Crippen LogP contribution in [0.25, 0.3) is 0 Å². The Labute approximate surface area is 198 Å². The molecule has 0 aliphatic carbocycles. The molecule has 2 aliphatic rings. The van der Waals surface area contributed by atoms with Gasteiger partial charge in [-0.1, -0.05) is 0 Å². The molecule has 9 nitrogen and oxygen atoms in total. The maximum absolute atomic E-state index is 13.4. The molecule has 0 saturated carbocycles. The zero-order valence-corrected chi connectivity index (χ0v) is 22.1. The molecule has 2 heterocycles. The third-order valence-electron chi connectivity index (χ3n) is 6.14. The molecule has 2 atom stereocenters. The van der Waals surface area contributed by atoms with Gasteiger partial charge in [-0.2, -0.15) is 0 Å². The first kappa shape index (κ1) is 27.8. The number of hydrogen-bond acceptors (Lipinski definition) is 8. The van der Waals surface area contributed by atoms with Crippen molar-refractivity contribution in [3.05, 3.63) is 0 Å². The van der Waals surface area contributed by atoms with E-state index >= 15 is 0 Å². The maximum atomic E-state index is 13.4. The fourth-order valence-electron chi connectivity index (χ4n) is 4.07. The number of amides is 1. The second kappa shape index (κ2) is 11.8. The van der Waals surface area contributed by atoms with Crippen LogP contribution in [0.3, 0.4) is 0 Å². The molecule has 33 heavy (non-hydrogen) atoms. The van der Waals surface area contributed by atoms with E-state index in [9.17, 15) is 14.4 Å². The van der Waals surface area contributed by atoms with E-state index < -0.39 is 37.7 Å². The minimum atomic E-state index is -4.72. The fraction of sp³-hybridized carbons (Fsp3) is 0.870. The predicted octanol–water partition coefficient (Wildman–Crippen LogP) is 5.06. The van der Waals surface area contributed by atoms with Gasteiger partial charge in [0, 0.05) is 0 Å². The summed E-state index contributed by atoms with van der Waals surface area (Å²) in [6, 6.07) is -1.49. The molecule has 192 valence electrons. The molecule has 2 aliphatic heterocycles. The molecule has 1 spiro atoms. The average molecular weight is 490 g/mol. The van der Waals surface area contributed by atoms with Crippen LogP contribution >= 0.6 is 7.59 Å². The molecule has 0 aromatic carbocycles. The predicted molar refractivity (Wildman–Crippen MR) is 129 cm³/mol. The summed E-state index contributed by atoms with van der Waals surface area (Å²) in [5.74, 6) is -1.46. The molecule has 2 saturated heterocycles.